The molecule has 1 aliphatic rings. The summed E-state index contributed by atoms with van der Waals surface area (Å²) < 4.78 is 5.53. The molecule has 0 unspecified atom stereocenters. The molecule has 94 valence electrons. The van der Waals surface area contributed by atoms with Gasteiger partial charge in [0.1, 0.15) is 0 Å². The van der Waals surface area contributed by atoms with Crippen LogP contribution in [0.1, 0.15) is 33.6 Å². The Morgan fingerprint density at radius 3 is 2.56 bits per heavy atom. The summed E-state index contributed by atoms with van der Waals surface area (Å²) in [5, 5.41) is 6.48. The summed E-state index contributed by atoms with van der Waals surface area (Å²) in [6, 6.07) is 0. The van der Waals surface area contributed by atoms with Gasteiger partial charge in [0, 0.05) is 26.2 Å². The average Bonchev–Trinajstić information content (AvgIpc) is 2.27. The van der Waals surface area contributed by atoms with E-state index in [0.29, 0.717) is 12.0 Å². The molecule has 2 N–H and O–H groups in total. The molecule has 16 heavy (non-hydrogen) atoms. The lowest BCUT2D eigenvalue weighted by atomic mass is 9.96. The first kappa shape index (κ1) is 13.3. The van der Waals surface area contributed by atoms with Crippen LogP contribution in [0.15, 0.2) is 4.99 Å². The molecule has 0 aliphatic carbocycles. The van der Waals surface area contributed by atoms with Gasteiger partial charge < -0.3 is 15.4 Å². The second kappa shape index (κ2) is 7.49. The number of hydrogen-bond donors (Lipinski definition) is 2. The smallest absolute Gasteiger partial charge is 0.191 e. The summed E-state index contributed by atoms with van der Waals surface area (Å²) in [4.78, 5) is 4.60. The molecule has 1 saturated heterocycles. The fourth-order valence-electron chi connectivity index (χ4n) is 1.99. The van der Waals surface area contributed by atoms with Crippen molar-refractivity contribution in [2.24, 2.45) is 10.9 Å². The van der Waals surface area contributed by atoms with Crippen molar-refractivity contribution in [2.75, 3.05) is 26.2 Å². The Balaban J connectivity index is 2.35. The highest BCUT2D eigenvalue weighted by Gasteiger charge is 2.18. The minimum atomic E-state index is 0.399. The van der Waals surface area contributed by atoms with E-state index in [2.05, 4.69) is 36.4 Å². The van der Waals surface area contributed by atoms with E-state index in [1.54, 1.807) is 0 Å². The molecule has 0 radical (unpaired) electrons. The van der Waals surface area contributed by atoms with Crippen molar-refractivity contribution >= 4 is 5.96 Å². The Morgan fingerprint density at radius 2 is 2.00 bits per heavy atom. The Bertz CT molecular complexity index is 210. The van der Waals surface area contributed by atoms with Gasteiger partial charge in [-0.05, 0) is 39.5 Å². The fraction of sp³-hybridized carbons (Fsp3) is 0.917. The zero-order valence-corrected chi connectivity index (χ0v) is 10.8. The summed E-state index contributed by atoms with van der Waals surface area (Å²) in [7, 11) is 0. The van der Waals surface area contributed by atoms with Crippen molar-refractivity contribution in [2.45, 2.75) is 39.7 Å². The van der Waals surface area contributed by atoms with Crippen molar-refractivity contribution in [3.8, 4) is 0 Å². The van der Waals surface area contributed by atoms with E-state index in [4.69, 9.17) is 4.74 Å². The van der Waals surface area contributed by atoms with E-state index in [1.165, 1.54) is 0 Å². The van der Waals surface area contributed by atoms with Gasteiger partial charge in [0.2, 0.25) is 0 Å². The number of nitrogens with zero attached hydrogens (tertiary/aromatic N) is 1. The van der Waals surface area contributed by atoms with Gasteiger partial charge in [0.25, 0.3) is 0 Å². The van der Waals surface area contributed by atoms with Crippen LogP contribution in [0.25, 0.3) is 0 Å². The predicted octanol–water partition coefficient (Wildman–Crippen LogP) is 1.38. The first-order valence-corrected chi connectivity index (χ1v) is 6.40. The third-order valence-electron chi connectivity index (χ3n) is 2.79. The lowest BCUT2D eigenvalue weighted by Crippen LogP contribution is -2.37. The number of aliphatic imine (C=N–C) groups is 1. The Labute approximate surface area is 98.9 Å². The minimum absolute atomic E-state index is 0.399. The van der Waals surface area contributed by atoms with Crippen LogP contribution in [0.2, 0.25) is 0 Å². The van der Waals surface area contributed by atoms with Gasteiger partial charge in [0.15, 0.2) is 5.96 Å². The molecule has 0 aromatic rings. The van der Waals surface area contributed by atoms with Crippen molar-refractivity contribution in [3.63, 3.8) is 0 Å². The average molecular weight is 227 g/mol. The van der Waals surface area contributed by atoms with Crippen LogP contribution in [0.3, 0.4) is 0 Å². The number of nitrogens with one attached hydrogen (secondary N) is 2. The van der Waals surface area contributed by atoms with Gasteiger partial charge in [-0.3, -0.25) is 4.99 Å². The molecule has 1 heterocycles. The Morgan fingerprint density at radius 1 is 1.31 bits per heavy atom. The molecule has 4 heteroatoms. The van der Waals surface area contributed by atoms with E-state index in [9.17, 15) is 0 Å². The molecule has 1 fully saturated rings. The van der Waals surface area contributed by atoms with E-state index in [-0.39, 0.29) is 0 Å². The zero-order chi connectivity index (χ0) is 11.8. The molecule has 1 rings (SSSR count). The summed E-state index contributed by atoms with van der Waals surface area (Å²) >= 11 is 0. The molecular weight excluding hydrogens is 202 g/mol. The normalized spacial score (nSPS) is 24.9. The van der Waals surface area contributed by atoms with Crippen LogP contribution in [0.5, 0.6) is 0 Å². The van der Waals surface area contributed by atoms with Crippen LogP contribution in [0, 0.1) is 5.92 Å². The largest absolute Gasteiger partial charge is 0.378 e. The first-order chi connectivity index (χ1) is 7.76. The second-order valence-corrected chi connectivity index (χ2v) is 4.32. The van der Waals surface area contributed by atoms with E-state index in [1.807, 2.05) is 0 Å². The lowest BCUT2D eigenvalue weighted by Gasteiger charge is -2.26. The number of hydrogen-bond acceptors (Lipinski definition) is 2. The molecule has 1 aliphatic heterocycles. The molecule has 0 aromatic heterocycles. The van der Waals surface area contributed by atoms with Crippen LogP contribution in [-0.2, 0) is 4.74 Å². The van der Waals surface area contributed by atoms with Crippen LogP contribution >= 0.6 is 0 Å². The summed E-state index contributed by atoms with van der Waals surface area (Å²) in [6.07, 6.45) is 2.67. The fourth-order valence-corrected chi connectivity index (χ4v) is 1.99. The number of guanidine groups is 1. The van der Waals surface area contributed by atoms with Crippen LogP contribution in [0.4, 0.5) is 0 Å². The lowest BCUT2D eigenvalue weighted by molar-refractivity contribution is 0.00480. The van der Waals surface area contributed by atoms with Crippen molar-refractivity contribution in [3.05, 3.63) is 0 Å². The second-order valence-electron chi connectivity index (χ2n) is 4.32. The topological polar surface area (TPSA) is 45.7 Å². The van der Waals surface area contributed by atoms with Crippen LogP contribution in [-0.4, -0.2) is 38.3 Å². The maximum atomic E-state index is 5.53. The monoisotopic (exact) mass is 227 g/mol. The van der Waals surface area contributed by atoms with Gasteiger partial charge in [-0.2, -0.15) is 0 Å². The molecule has 2 atom stereocenters. The molecular formula is C12H25N3O. The van der Waals surface area contributed by atoms with E-state index in [0.717, 1.165) is 45.0 Å². The summed E-state index contributed by atoms with van der Waals surface area (Å²) in [5.41, 5.74) is 0. The van der Waals surface area contributed by atoms with Gasteiger partial charge in [0.05, 0.1) is 6.10 Å². The maximum Gasteiger partial charge on any atom is 0.191 e. The van der Waals surface area contributed by atoms with Crippen molar-refractivity contribution < 1.29 is 4.74 Å². The molecule has 0 bridgehead atoms. The van der Waals surface area contributed by atoms with Gasteiger partial charge >= 0.3 is 0 Å². The highest BCUT2D eigenvalue weighted by atomic mass is 16.5. The zero-order valence-electron chi connectivity index (χ0n) is 10.8. The van der Waals surface area contributed by atoms with Crippen molar-refractivity contribution in [1.29, 1.82) is 0 Å². The van der Waals surface area contributed by atoms with Gasteiger partial charge in [-0.25, -0.2) is 0 Å². The van der Waals surface area contributed by atoms with Gasteiger partial charge in [-0.1, -0.05) is 0 Å². The minimum Gasteiger partial charge on any atom is -0.378 e. The molecule has 0 aromatic carbocycles. The maximum absolute atomic E-state index is 5.53. The third kappa shape index (κ3) is 4.84. The standard InChI is InChI=1S/C12H25N3O/c1-4-13-12(14-5-2)15-9-11-6-7-16-10(3)8-11/h10-11H,4-9H2,1-3H3,(H2,13,14,15)/t10-,11-/m1/s1. The highest BCUT2D eigenvalue weighted by Crippen LogP contribution is 2.19. The predicted molar refractivity (Wildman–Crippen MR) is 67.8 cm³/mol. The van der Waals surface area contributed by atoms with E-state index < -0.39 is 0 Å². The van der Waals surface area contributed by atoms with Crippen molar-refractivity contribution in [1.82, 2.24) is 10.6 Å². The highest BCUT2D eigenvalue weighted by molar-refractivity contribution is 5.79. The molecule has 0 saturated carbocycles. The number of rotatable bonds is 4. The van der Waals surface area contributed by atoms with E-state index >= 15 is 0 Å². The Hall–Kier alpha value is -0.770. The van der Waals surface area contributed by atoms with Crippen LogP contribution < -0.4 is 10.6 Å². The first-order valence-electron chi connectivity index (χ1n) is 6.40. The summed E-state index contributed by atoms with van der Waals surface area (Å²) in [6.45, 7) is 9.94. The Kier molecular flexibility index (Phi) is 6.23. The SMILES string of the molecule is CCNC(=NC[C@@H]1CCO[C@H](C)C1)NCC. The number of ether oxygens (including phenoxy) is 1. The third-order valence-corrected chi connectivity index (χ3v) is 2.79. The quantitative estimate of drug-likeness (QED) is 0.563. The molecule has 0 spiro atoms. The summed E-state index contributed by atoms with van der Waals surface area (Å²) in [5.74, 6) is 1.61. The molecule has 4 nitrogen and oxygen atoms in total. The van der Waals surface area contributed by atoms with Gasteiger partial charge in [-0.15, -0.1) is 0 Å². The molecule has 0 amide bonds.